The molecule has 7 nitrogen and oxygen atoms in total. The van der Waals surface area contributed by atoms with Crippen LogP contribution >= 0.6 is 0 Å². The van der Waals surface area contributed by atoms with E-state index in [1.807, 2.05) is 51.1 Å². The minimum atomic E-state index is -0.590. The molecule has 1 aromatic rings. The van der Waals surface area contributed by atoms with Gasteiger partial charge in [0.1, 0.15) is 11.8 Å². The molecule has 2 rings (SSSR count). The third-order valence-corrected chi connectivity index (χ3v) is 3.80. The number of hydrogen-bond donors (Lipinski definition) is 2. The molecule has 25 heavy (non-hydrogen) atoms. The Bertz CT molecular complexity index is 559. The van der Waals surface area contributed by atoms with Crippen LogP contribution < -0.4 is 10.8 Å². The molecule has 0 unspecified atom stereocenters. The molecule has 0 aliphatic carbocycles. The van der Waals surface area contributed by atoms with Crippen molar-refractivity contribution in [1.29, 1.82) is 0 Å². The lowest BCUT2D eigenvalue weighted by molar-refractivity contribution is -0.112. The molecule has 2 amide bonds. The van der Waals surface area contributed by atoms with E-state index in [-0.39, 0.29) is 12.2 Å². The highest BCUT2D eigenvalue weighted by Gasteiger charge is 2.34. The van der Waals surface area contributed by atoms with E-state index >= 15 is 0 Å². The van der Waals surface area contributed by atoms with Gasteiger partial charge in [-0.3, -0.25) is 14.5 Å². The summed E-state index contributed by atoms with van der Waals surface area (Å²) in [4.78, 5) is 30.3. The smallest absolute Gasteiger partial charge is 0.411 e. The Kier molecular flexibility index (Phi) is 6.78. The van der Waals surface area contributed by atoms with Gasteiger partial charge in [-0.2, -0.15) is 5.48 Å². The highest BCUT2D eigenvalue weighted by molar-refractivity contribution is 5.69. The van der Waals surface area contributed by atoms with E-state index in [0.29, 0.717) is 26.0 Å². The van der Waals surface area contributed by atoms with Gasteiger partial charge < -0.3 is 10.1 Å². The van der Waals surface area contributed by atoms with Crippen molar-refractivity contribution in [2.75, 3.05) is 6.54 Å². The normalized spacial score (nSPS) is 20.8. The number of carbonyl (C=O) groups is 2. The summed E-state index contributed by atoms with van der Waals surface area (Å²) in [7, 11) is 0. The minimum absolute atomic E-state index is 0.0269. The molecule has 2 N–H and O–H groups in total. The number of hydroxylamine groups is 1. The van der Waals surface area contributed by atoms with Crippen molar-refractivity contribution >= 4 is 12.5 Å². The Balaban J connectivity index is 1.89. The molecule has 0 saturated carbocycles. The highest BCUT2D eigenvalue weighted by Crippen LogP contribution is 2.19. The summed E-state index contributed by atoms with van der Waals surface area (Å²) in [5.41, 5.74) is 3.49. The molecule has 1 aromatic carbocycles. The van der Waals surface area contributed by atoms with Crippen LogP contribution in [0.5, 0.6) is 0 Å². The molecule has 1 aliphatic rings. The van der Waals surface area contributed by atoms with Crippen molar-refractivity contribution in [3.05, 3.63) is 35.9 Å². The van der Waals surface area contributed by atoms with E-state index in [1.54, 1.807) is 0 Å². The largest absolute Gasteiger partial charge is 0.444 e. The number of nitrogens with zero attached hydrogens (tertiary/aromatic N) is 1. The summed E-state index contributed by atoms with van der Waals surface area (Å²) in [6.07, 6.45) is 1.21. The van der Waals surface area contributed by atoms with Crippen LogP contribution in [0.4, 0.5) is 4.79 Å². The summed E-state index contributed by atoms with van der Waals surface area (Å²) in [5.74, 6) is 0. The maximum Gasteiger partial charge on any atom is 0.411 e. The number of benzene rings is 1. The van der Waals surface area contributed by atoms with Gasteiger partial charge in [0, 0.05) is 6.54 Å². The number of likely N-dealkylation sites (tertiary alicyclic amines) is 1. The number of amides is 2. The third kappa shape index (κ3) is 6.36. The first-order valence-electron chi connectivity index (χ1n) is 8.49. The number of piperidine rings is 1. The number of ether oxygens (including phenoxy) is 1. The van der Waals surface area contributed by atoms with Gasteiger partial charge in [0.2, 0.25) is 6.41 Å². The maximum atomic E-state index is 12.4. The number of hydrogen-bond acceptors (Lipinski definition) is 5. The fourth-order valence-electron chi connectivity index (χ4n) is 2.66. The van der Waals surface area contributed by atoms with Gasteiger partial charge in [0.15, 0.2) is 0 Å². The molecule has 0 aromatic heterocycles. The van der Waals surface area contributed by atoms with Crippen LogP contribution in [-0.4, -0.2) is 41.8 Å². The average molecular weight is 349 g/mol. The Morgan fingerprint density at radius 1 is 1.28 bits per heavy atom. The molecule has 0 spiro atoms. The van der Waals surface area contributed by atoms with Crippen molar-refractivity contribution in [2.45, 2.75) is 58.0 Å². The van der Waals surface area contributed by atoms with Gasteiger partial charge in [-0.25, -0.2) is 4.79 Å². The zero-order chi connectivity index (χ0) is 18.3. The number of nitrogens with one attached hydrogen (secondary N) is 2. The molecule has 138 valence electrons. The second kappa shape index (κ2) is 8.82. The van der Waals surface area contributed by atoms with Crippen molar-refractivity contribution in [3.8, 4) is 0 Å². The van der Waals surface area contributed by atoms with Crippen LogP contribution in [0.3, 0.4) is 0 Å². The Morgan fingerprint density at radius 2 is 2.00 bits per heavy atom. The monoisotopic (exact) mass is 349 g/mol. The predicted molar refractivity (Wildman–Crippen MR) is 93.3 cm³/mol. The van der Waals surface area contributed by atoms with Gasteiger partial charge in [-0.1, -0.05) is 30.3 Å². The van der Waals surface area contributed by atoms with Crippen LogP contribution in [0.2, 0.25) is 0 Å². The van der Waals surface area contributed by atoms with Crippen LogP contribution in [0.1, 0.15) is 39.2 Å². The van der Waals surface area contributed by atoms with Crippen LogP contribution in [-0.2, 0) is 21.0 Å². The van der Waals surface area contributed by atoms with Crippen molar-refractivity contribution in [2.24, 2.45) is 0 Å². The molecule has 1 heterocycles. The summed E-state index contributed by atoms with van der Waals surface area (Å²) < 4.78 is 5.44. The third-order valence-electron chi connectivity index (χ3n) is 3.80. The van der Waals surface area contributed by atoms with Crippen LogP contribution in [0.25, 0.3) is 0 Å². The average Bonchev–Trinajstić information content (AvgIpc) is 2.55. The van der Waals surface area contributed by atoms with Crippen molar-refractivity contribution < 1.29 is 19.2 Å². The van der Waals surface area contributed by atoms with E-state index in [4.69, 9.17) is 9.57 Å². The maximum absolute atomic E-state index is 12.4. The first-order valence-corrected chi connectivity index (χ1v) is 8.49. The molecular weight excluding hydrogens is 322 g/mol. The van der Waals surface area contributed by atoms with Crippen molar-refractivity contribution in [1.82, 2.24) is 15.7 Å². The second-order valence-electron chi connectivity index (χ2n) is 7.10. The van der Waals surface area contributed by atoms with E-state index < -0.39 is 11.7 Å². The second-order valence-corrected chi connectivity index (χ2v) is 7.10. The number of carbonyl (C=O) groups excluding carboxylic acids is 2. The zero-order valence-corrected chi connectivity index (χ0v) is 15.0. The lowest BCUT2D eigenvalue weighted by atomic mass is 10.0. The van der Waals surface area contributed by atoms with Gasteiger partial charge in [0.05, 0.1) is 12.6 Å². The molecule has 1 aliphatic heterocycles. The standard InChI is InChI=1S/C18H27N3O4/c1-18(2,3)25-17(23)21-11-15(9-10-16(21)19-13-22)20-24-12-14-7-5-4-6-8-14/h4-8,13,15-16,20H,9-12H2,1-3H3,(H,19,22)/t15-,16+/m1/s1. The fraction of sp³-hybridized carbons (Fsp3) is 0.556. The number of rotatable bonds is 6. The van der Waals surface area contributed by atoms with E-state index in [2.05, 4.69) is 10.8 Å². The summed E-state index contributed by atoms with van der Waals surface area (Å²) >= 11 is 0. The topological polar surface area (TPSA) is 79.9 Å². The summed E-state index contributed by atoms with van der Waals surface area (Å²) in [6, 6.07) is 9.81. The minimum Gasteiger partial charge on any atom is -0.444 e. The Labute approximate surface area is 148 Å². The SMILES string of the molecule is CC(C)(C)OC(=O)N1C[C@H](NOCc2ccccc2)CC[C@H]1NC=O. The first kappa shape index (κ1) is 19.2. The van der Waals surface area contributed by atoms with Gasteiger partial charge in [0.25, 0.3) is 0 Å². The van der Waals surface area contributed by atoms with E-state index in [9.17, 15) is 9.59 Å². The molecule has 0 bridgehead atoms. The van der Waals surface area contributed by atoms with E-state index in [1.165, 1.54) is 4.90 Å². The fourth-order valence-corrected chi connectivity index (χ4v) is 2.66. The lowest BCUT2D eigenvalue weighted by Gasteiger charge is -2.39. The molecule has 0 radical (unpaired) electrons. The Hall–Kier alpha value is -2.12. The van der Waals surface area contributed by atoms with E-state index in [0.717, 1.165) is 12.0 Å². The van der Waals surface area contributed by atoms with Gasteiger partial charge in [-0.15, -0.1) is 0 Å². The van der Waals surface area contributed by atoms with Crippen molar-refractivity contribution in [3.63, 3.8) is 0 Å². The summed E-state index contributed by atoms with van der Waals surface area (Å²) in [5, 5.41) is 2.68. The molecule has 1 fully saturated rings. The van der Waals surface area contributed by atoms with Crippen LogP contribution in [0.15, 0.2) is 30.3 Å². The molecule has 1 saturated heterocycles. The first-order chi connectivity index (χ1) is 11.9. The molecule has 7 heteroatoms. The van der Waals surface area contributed by atoms with Gasteiger partial charge >= 0.3 is 6.09 Å². The lowest BCUT2D eigenvalue weighted by Crippen LogP contribution is -2.58. The summed E-state index contributed by atoms with van der Waals surface area (Å²) in [6.45, 7) is 6.29. The predicted octanol–water partition coefficient (Wildman–Crippen LogP) is 2.18. The highest BCUT2D eigenvalue weighted by atomic mass is 16.6. The quantitative estimate of drug-likeness (QED) is 0.608. The van der Waals surface area contributed by atoms with Crippen LogP contribution in [0, 0.1) is 0 Å². The molecule has 2 atom stereocenters. The molecular formula is C18H27N3O4. The Morgan fingerprint density at radius 3 is 2.64 bits per heavy atom. The van der Waals surface area contributed by atoms with Gasteiger partial charge in [-0.05, 0) is 39.2 Å². The zero-order valence-electron chi connectivity index (χ0n) is 15.0.